The molecule has 0 aliphatic heterocycles. The third-order valence-corrected chi connectivity index (χ3v) is 2.63. The van der Waals surface area contributed by atoms with Gasteiger partial charge in [0, 0.05) is 31.0 Å². The summed E-state index contributed by atoms with van der Waals surface area (Å²) in [5.74, 6) is 5.08. The maximum absolute atomic E-state index is 11.9. The van der Waals surface area contributed by atoms with Gasteiger partial charge in [-0.15, -0.1) is 0 Å². The van der Waals surface area contributed by atoms with Crippen molar-refractivity contribution in [3.63, 3.8) is 0 Å². The number of aliphatic hydroxyl groups excluding tert-OH is 1. The number of amides is 1. The fourth-order valence-corrected chi connectivity index (χ4v) is 1.39. The Kier molecular flexibility index (Phi) is 6.58. The van der Waals surface area contributed by atoms with E-state index in [2.05, 4.69) is 34.0 Å². The van der Waals surface area contributed by atoms with Crippen LogP contribution in [0, 0.1) is 11.8 Å². The van der Waals surface area contributed by atoms with Crippen LogP contribution in [0.25, 0.3) is 0 Å². The molecule has 0 spiro atoms. The Morgan fingerprint density at radius 2 is 2.32 bits per heavy atom. The van der Waals surface area contributed by atoms with Gasteiger partial charge in [0.2, 0.25) is 0 Å². The van der Waals surface area contributed by atoms with Crippen LogP contribution < -0.4 is 5.32 Å². The number of hydrogen-bond donors (Lipinski definition) is 2. The van der Waals surface area contributed by atoms with Crippen molar-refractivity contribution in [2.45, 2.75) is 6.92 Å². The van der Waals surface area contributed by atoms with E-state index >= 15 is 0 Å². The van der Waals surface area contributed by atoms with Crippen LogP contribution in [-0.4, -0.2) is 54.2 Å². The van der Waals surface area contributed by atoms with Crippen LogP contribution in [0.5, 0.6) is 0 Å². The molecular weight excluding hydrogens is 242 g/mol. The first-order valence-corrected chi connectivity index (χ1v) is 6.19. The van der Waals surface area contributed by atoms with Crippen LogP contribution in [0.15, 0.2) is 18.5 Å². The summed E-state index contributed by atoms with van der Waals surface area (Å²) in [6.07, 6.45) is 3.06. The number of nitrogens with zero attached hydrogens (tertiary/aromatic N) is 2. The second-order valence-corrected chi connectivity index (χ2v) is 4.07. The SMILES string of the molecule is CCN(C)CCNC(=O)c1cncc(C#CCO)c1. The third kappa shape index (κ3) is 5.51. The first kappa shape index (κ1) is 15.2. The molecule has 0 aliphatic rings. The van der Waals surface area contributed by atoms with Crippen LogP contribution in [-0.2, 0) is 0 Å². The number of carbonyl (C=O) groups excluding carboxylic acids is 1. The molecule has 1 aromatic rings. The number of pyridine rings is 1. The molecule has 0 saturated heterocycles. The summed E-state index contributed by atoms with van der Waals surface area (Å²) in [7, 11) is 2.00. The Morgan fingerprint density at radius 1 is 1.53 bits per heavy atom. The molecule has 0 unspecified atom stereocenters. The van der Waals surface area contributed by atoms with Crippen molar-refractivity contribution in [3.05, 3.63) is 29.6 Å². The zero-order valence-electron chi connectivity index (χ0n) is 11.3. The highest BCUT2D eigenvalue weighted by atomic mass is 16.2. The van der Waals surface area contributed by atoms with Gasteiger partial charge < -0.3 is 15.3 Å². The number of aromatic nitrogens is 1. The van der Waals surface area contributed by atoms with Gasteiger partial charge in [0.05, 0.1) is 5.56 Å². The molecule has 0 aromatic carbocycles. The van der Waals surface area contributed by atoms with Crippen molar-refractivity contribution in [2.24, 2.45) is 0 Å². The molecule has 0 aliphatic carbocycles. The minimum Gasteiger partial charge on any atom is -0.384 e. The number of rotatable bonds is 5. The summed E-state index contributed by atoms with van der Waals surface area (Å²) >= 11 is 0. The minimum absolute atomic E-state index is 0.162. The van der Waals surface area contributed by atoms with E-state index in [0.717, 1.165) is 13.1 Å². The van der Waals surface area contributed by atoms with E-state index in [-0.39, 0.29) is 12.5 Å². The number of likely N-dealkylation sites (N-methyl/N-ethyl adjacent to an activating group) is 1. The van der Waals surface area contributed by atoms with Crippen molar-refractivity contribution < 1.29 is 9.90 Å². The third-order valence-electron chi connectivity index (χ3n) is 2.63. The second-order valence-electron chi connectivity index (χ2n) is 4.07. The molecule has 1 heterocycles. The van der Waals surface area contributed by atoms with Crippen LogP contribution in [0.2, 0.25) is 0 Å². The van der Waals surface area contributed by atoms with Crippen molar-refractivity contribution in [1.82, 2.24) is 15.2 Å². The normalized spacial score (nSPS) is 9.89. The molecule has 0 saturated carbocycles. The maximum atomic E-state index is 11.9. The van der Waals surface area contributed by atoms with Gasteiger partial charge in [-0.05, 0) is 19.7 Å². The molecule has 1 amide bonds. The van der Waals surface area contributed by atoms with E-state index in [1.165, 1.54) is 6.20 Å². The smallest absolute Gasteiger partial charge is 0.252 e. The average Bonchev–Trinajstić information content (AvgIpc) is 2.45. The summed E-state index contributed by atoms with van der Waals surface area (Å²) in [5, 5.41) is 11.4. The molecule has 0 fully saturated rings. The monoisotopic (exact) mass is 261 g/mol. The topological polar surface area (TPSA) is 65.5 Å². The molecule has 19 heavy (non-hydrogen) atoms. The van der Waals surface area contributed by atoms with E-state index in [1.54, 1.807) is 12.3 Å². The molecule has 2 N–H and O–H groups in total. The van der Waals surface area contributed by atoms with Gasteiger partial charge in [0.25, 0.3) is 5.91 Å². The summed E-state index contributed by atoms with van der Waals surface area (Å²) in [5.41, 5.74) is 1.09. The Morgan fingerprint density at radius 3 is 3.00 bits per heavy atom. The van der Waals surface area contributed by atoms with Gasteiger partial charge in [0.15, 0.2) is 0 Å². The highest BCUT2D eigenvalue weighted by molar-refractivity contribution is 5.94. The standard InChI is InChI=1S/C14H19N3O2/c1-3-17(2)7-6-16-14(19)13-9-12(5-4-8-18)10-15-11-13/h9-11,18H,3,6-8H2,1-2H3,(H,16,19). The Labute approximate surface area is 113 Å². The molecule has 0 radical (unpaired) electrons. The van der Waals surface area contributed by atoms with E-state index in [1.807, 2.05) is 7.05 Å². The van der Waals surface area contributed by atoms with Crippen molar-refractivity contribution in [1.29, 1.82) is 0 Å². The van der Waals surface area contributed by atoms with E-state index < -0.39 is 0 Å². The molecule has 0 atom stereocenters. The van der Waals surface area contributed by atoms with Gasteiger partial charge in [-0.3, -0.25) is 9.78 Å². The number of aliphatic hydroxyl groups is 1. The predicted molar refractivity (Wildman–Crippen MR) is 73.7 cm³/mol. The molecule has 5 heteroatoms. The van der Waals surface area contributed by atoms with E-state index in [0.29, 0.717) is 17.7 Å². The first-order valence-electron chi connectivity index (χ1n) is 6.19. The Bertz CT molecular complexity index is 477. The lowest BCUT2D eigenvalue weighted by Gasteiger charge is -2.13. The van der Waals surface area contributed by atoms with Crippen molar-refractivity contribution in [2.75, 3.05) is 33.3 Å². The van der Waals surface area contributed by atoms with E-state index in [4.69, 9.17) is 5.11 Å². The van der Waals surface area contributed by atoms with Gasteiger partial charge in [0.1, 0.15) is 6.61 Å². The van der Waals surface area contributed by atoms with Crippen LogP contribution in [0.1, 0.15) is 22.8 Å². The summed E-state index contributed by atoms with van der Waals surface area (Å²) in [4.78, 5) is 17.9. The number of nitrogens with one attached hydrogen (secondary N) is 1. The molecule has 1 rings (SSSR count). The summed E-state index contributed by atoms with van der Waals surface area (Å²) < 4.78 is 0. The minimum atomic E-state index is -0.209. The number of carbonyl (C=O) groups is 1. The molecule has 0 bridgehead atoms. The summed E-state index contributed by atoms with van der Waals surface area (Å²) in [6.45, 7) is 4.20. The quantitative estimate of drug-likeness (QED) is 0.738. The molecule has 102 valence electrons. The molecule has 1 aromatic heterocycles. The zero-order valence-corrected chi connectivity index (χ0v) is 11.3. The molecule has 5 nitrogen and oxygen atoms in total. The van der Waals surface area contributed by atoms with Crippen molar-refractivity contribution >= 4 is 5.91 Å². The zero-order chi connectivity index (χ0) is 14.1. The Balaban J connectivity index is 2.57. The lowest BCUT2D eigenvalue weighted by Crippen LogP contribution is -2.32. The van der Waals surface area contributed by atoms with Gasteiger partial charge >= 0.3 is 0 Å². The fourth-order valence-electron chi connectivity index (χ4n) is 1.39. The largest absolute Gasteiger partial charge is 0.384 e. The van der Waals surface area contributed by atoms with Crippen molar-refractivity contribution in [3.8, 4) is 11.8 Å². The van der Waals surface area contributed by atoms with Gasteiger partial charge in [-0.2, -0.15) is 0 Å². The average molecular weight is 261 g/mol. The Hall–Kier alpha value is -1.90. The van der Waals surface area contributed by atoms with Gasteiger partial charge in [-0.25, -0.2) is 0 Å². The number of hydrogen-bond acceptors (Lipinski definition) is 4. The molecular formula is C14H19N3O2. The second kappa shape index (κ2) is 8.25. The van der Waals surface area contributed by atoms with Gasteiger partial charge in [-0.1, -0.05) is 18.8 Å². The first-order chi connectivity index (χ1) is 9.17. The lowest BCUT2D eigenvalue weighted by molar-refractivity contribution is 0.0949. The fraction of sp³-hybridized carbons (Fsp3) is 0.429. The maximum Gasteiger partial charge on any atom is 0.252 e. The van der Waals surface area contributed by atoms with Crippen LogP contribution in [0.4, 0.5) is 0 Å². The highest BCUT2D eigenvalue weighted by Crippen LogP contribution is 2.01. The predicted octanol–water partition coefficient (Wildman–Crippen LogP) is 0.107. The summed E-state index contributed by atoms with van der Waals surface area (Å²) in [6, 6.07) is 1.66. The van der Waals surface area contributed by atoms with Crippen LogP contribution in [0.3, 0.4) is 0 Å². The lowest BCUT2D eigenvalue weighted by atomic mass is 10.2. The highest BCUT2D eigenvalue weighted by Gasteiger charge is 2.06. The van der Waals surface area contributed by atoms with Crippen LogP contribution >= 0.6 is 0 Å². The van der Waals surface area contributed by atoms with E-state index in [9.17, 15) is 4.79 Å².